The third-order valence-electron chi connectivity index (χ3n) is 4.31. The minimum Gasteiger partial charge on any atom is -0.344 e. The Morgan fingerprint density at radius 2 is 2.00 bits per heavy atom. The number of nitrogens with zero attached hydrogens (tertiary/aromatic N) is 4. The van der Waals surface area contributed by atoms with Gasteiger partial charge in [0.2, 0.25) is 10.0 Å². The van der Waals surface area contributed by atoms with Gasteiger partial charge in [-0.3, -0.25) is 9.20 Å². The molecular formula is C16H17N5O3S2. The summed E-state index contributed by atoms with van der Waals surface area (Å²) in [4.78, 5) is 12.9. The molecular weight excluding hydrogens is 374 g/mol. The van der Waals surface area contributed by atoms with Crippen LogP contribution in [0.2, 0.25) is 0 Å². The molecule has 0 aliphatic carbocycles. The van der Waals surface area contributed by atoms with Crippen molar-refractivity contribution in [2.45, 2.75) is 24.3 Å². The highest BCUT2D eigenvalue weighted by molar-refractivity contribution is 7.89. The van der Waals surface area contributed by atoms with E-state index in [1.807, 2.05) is 24.4 Å². The zero-order chi connectivity index (χ0) is 18.1. The van der Waals surface area contributed by atoms with Crippen LogP contribution in [0.25, 0.3) is 5.65 Å². The number of aromatic nitrogens is 3. The normalized spacial score (nSPS) is 15.5. The zero-order valence-corrected chi connectivity index (χ0v) is 15.5. The van der Waals surface area contributed by atoms with E-state index in [4.69, 9.17) is 0 Å². The molecule has 4 heterocycles. The number of fused-ring (bicyclic) bond motifs is 1. The lowest BCUT2D eigenvalue weighted by Crippen LogP contribution is -2.30. The van der Waals surface area contributed by atoms with Crippen molar-refractivity contribution < 1.29 is 13.2 Å². The molecule has 0 radical (unpaired) electrons. The van der Waals surface area contributed by atoms with Gasteiger partial charge in [-0.25, -0.2) is 8.42 Å². The lowest BCUT2D eigenvalue weighted by atomic mass is 10.4. The van der Waals surface area contributed by atoms with Crippen molar-refractivity contribution in [3.63, 3.8) is 0 Å². The van der Waals surface area contributed by atoms with Crippen molar-refractivity contribution in [1.29, 1.82) is 0 Å². The van der Waals surface area contributed by atoms with E-state index in [1.165, 1.54) is 10.4 Å². The molecule has 1 amide bonds. The SMILES string of the molecule is O=C(NCc1nnc2ccccn12)c1sccc1S(=O)(=O)N1CCCC1. The maximum Gasteiger partial charge on any atom is 0.263 e. The van der Waals surface area contributed by atoms with Gasteiger partial charge in [-0.05, 0) is 36.4 Å². The Morgan fingerprint density at radius 3 is 2.81 bits per heavy atom. The van der Waals surface area contributed by atoms with Crippen molar-refractivity contribution in [3.8, 4) is 0 Å². The number of hydrogen-bond acceptors (Lipinski definition) is 6. The van der Waals surface area contributed by atoms with Crippen molar-refractivity contribution in [3.05, 3.63) is 46.5 Å². The maximum atomic E-state index is 12.8. The van der Waals surface area contributed by atoms with Gasteiger partial charge in [0, 0.05) is 19.3 Å². The van der Waals surface area contributed by atoms with Crippen LogP contribution in [0.5, 0.6) is 0 Å². The number of carbonyl (C=O) groups is 1. The molecule has 1 N–H and O–H groups in total. The molecule has 136 valence electrons. The Balaban J connectivity index is 1.53. The molecule has 0 atom stereocenters. The first-order chi connectivity index (χ1) is 12.6. The van der Waals surface area contributed by atoms with E-state index in [1.54, 1.807) is 9.78 Å². The highest BCUT2D eigenvalue weighted by atomic mass is 32.2. The number of hydrogen-bond donors (Lipinski definition) is 1. The molecule has 26 heavy (non-hydrogen) atoms. The summed E-state index contributed by atoms with van der Waals surface area (Å²) in [5.41, 5.74) is 0.685. The van der Waals surface area contributed by atoms with Crippen LogP contribution >= 0.6 is 11.3 Å². The molecule has 10 heteroatoms. The van der Waals surface area contributed by atoms with Gasteiger partial charge in [0.15, 0.2) is 11.5 Å². The first-order valence-electron chi connectivity index (χ1n) is 8.22. The summed E-state index contributed by atoms with van der Waals surface area (Å²) in [5.74, 6) is 0.153. The summed E-state index contributed by atoms with van der Waals surface area (Å²) in [6.45, 7) is 1.17. The van der Waals surface area contributed by atoms with E-state index >= 15 is 0 Å². The smallest absolute Gasteiger partial charge is 0.263 e. The molecule has 1 fully saturated rings. The highest BCUT2D eigenvalue weighted by Gasteiger charge is 2.31. The number of carbonyl (C=O) groups excluding carboxylic acids is 1. The predicted octanol–water partition coefficient (Wildman–Crippen LogP) is 1.51. The molecule has 1 aliphatic heterocycles. The van der Waals surface area contributed by atoms with Crippen LogP contribution in [0.3, 0.4) is 0 Å². The van der Waals surface area contributed by atoms with Crippen LogP contribution in [-0.4, -0.2) is 46.3 Å². The van der Waals surface area contributed by atoms with Gasteiger partial charge >= 0.3 is 0 Å². The minimum absolute atomic E-state index is 0.0769. The van der Waals surface area contributed by atoms with Gasteiger partial charge in [-0.2, -0.15) is 4.31 Å². The lowest BCUT2D eigenvalue weighted by molar-refractivity contribution is 0.0950. The van der Waals surface area contributed by atoms with Crippen LogP contribution in [0.15, 0.2) is 40.7 Å². The van der Waals surface area contributed by atoms with Gasteiger partial charge in [0.25, 0.3) is 5.91 Å². The number of sulfonamides is 1. The first-order valence-corrected chi connectivity index (χ1v) is 10.5. The molecule has 0 saturated carbocycles. The van der Waals surface area contributed by atoms with Gasteiger partial charge in [-0.15, -0.1) is 21.5 Å². The van der Waals surface area contributed by atoms with Crippen LogP contribution in [0.4, 0.5) is 0 Å². The third kappa shape index (κ3) is 3.00. The van der Waals surface area contributed by atoms with Gasteiger partial charge < -0.3 is 5.32 Å². The molecule has 0 spiro atoms. The number of amides is 1. The van der Waals surface area contributed by atoms with E-state index in [9.17, 15) is 13.2 Å². The first kappa shape index (κ1) is 17.1. The maximum absolute atomic E-state index is 12.8. The fourth-order valence-corrected chi connectivity index (χ4v) is 5.82. The van der Waals surface area contributed by atoms with Crippen LogP contribution in [-0.2, 0) is 16.6 Å². The Bertz CT molecular complexity index is 1050. The van der Waals surface area contributed by atoms with Crippen molar-refractivity contribution >= 4 is 32.9 Å². The van der Waals surface area contributed by atoms with Crippen LogP contribution < -0.4 is 5.32 Å². The van der Waals surface area contributed by atoms with Gasteiger partial charge in [-0.1, -0.05) is 6.07 Å². The number of rotatable bonds is 5. The third-order valence-corrected chi connectivity index (χ3v) is 7.29. The highest BCUT2D eigenvalue weighted by Crippen LogP contribution is 2.27. The average molecular weight is 391 g/mol. The molecule has 3 aromatic rings. The molecule has 0 unspecified atom stereocenters. The molecule has 1 saturated heterocycles. The molecule has 0 aromatic carbocycles. The molecule has 0 bridgehead atoms. The summed E-state index contributed by atoms with van der Waals surface area (Å²) in [6, 6.07) is 7.02. The van der Waals surface area contributed by atoms with Gasteiger partial charge in [0.1, 0.15) is 9.77 Å². The Hall–Kier alpha value is -2.30. The quantitative estimate of drug-likeness (QED) is 0.711. The summed E-state index contributed by atoms with van der Waals surface area (Å²) in [7, 11) is -3.63. The Kier molecular flexibility index (Phi) is 4.47. The van der Waals surface area contributed by atoms with E-state index in [2.05, 4.69) is 15.5 Å². The minimum atomic E-state index is -3.63. The monoisotopic (exact) mass is 391 g/mol. The average Bonchev–Trinajstić information content (AvgIpc) is 3.40. The van der Waals surface area contributed by atoms with E-state index < -0.39 is 15.9 Å². The molecule has 4 rings (SSSR count). The zero-order valence-electron chi connectivity index (χ0n) is 13.8. The van der Waals surface area contributed by atoms with E-state index in [0.29, 0.717) is 24.6 Å². The van der Waals surface area contributed by atoms with E-state index in [0.717, 1.165) is 24.2 Å². The van der Waals surface area contributed by atoms with Gasteiger partial charge in [0.05, 0.1) is 6.54 Å². The predicted molar refractivity (Wildman–Crippen MR) is 96.5 cm³/mol. The van der Waals surface area contributed by atoms with Crippen LogP contribution in [0, 0.1) is 0 Å². The standard InChI is InChI=1S/C16H17N5O3S2/c22-16(17-11-14-19-18-13-5-1-2-9-21(13)14)15-12(6-10-25-15)26(23,24)20-7-3-4-8-20/h1-2,5-6,9-10H,3-4,7-8,11H2,(H,17,22). The Labute approximate surface area is 154 Å². The summed E-state index contributed by atoms with van der Waals surface area (Å²) in [6.07, 6.45) is 3.51. The summed E-state index contributed by atoms with van der Waals surface area (Å²) >= 11 is 1.12. The summed E-state index contributed by atoms with van der Waals surface area (Å²) in [5, 5.41) is 12.5. The second-order valence-corrected chi connectivity index (χ2v) is 8.78. The fourth-order valence-electron chi connectivity index (χ4n) is 2.98. The summed E-state index contributed by atoms with van der Waals surface area (Å²) < 4.78 is 28.7. The molecule has 8 nitrogen and oxygen atoms in total. The largest absolute Gasteiger partial charge is 0.344 e. The number of nitrogens with one attached hydrogen (secondary N) is 1. The molecule has 3 aromatic heterocycles. The van der Waals surface area contributed by atoms with Crippen molar-refractivity contribution in [2.75, 3.05) is 13.1 Å². The molecule has 1 aliphatic rings. The topological polar surface area (TPSA) is 96.7 Å². The van der Waals surface area contributed by atoms with Crippen molar-refractivity contribution in [1.82, 2.24) is 24.2 Å². The lowest BCUT2D eigenvalue weighted by Gasteiger charge is -2.15. The van der Waals surface area contributed by atoms with E-state index in [-0.39, 0.29) is 16.3 Å². The Morgan fingerprint density at radius 1 is 1.19 bits per heavy atom. The number of thiophene rings is 1. The number of pyridine rings is 1. The fraction of sp³-hybridized carbons (Fsp3) is 0.312. The van der Waals surface area contributed by atoms with Crippen molar-refractivity contribution in [2.24, 2.45) is 0 Å². The van der Waals surface area contributed by atoms with Crippen LogP contribution in [0.1, 0.15) is 28.3 Å². The second kappa shape index (κ2) is 6.78. The second-order valence-electron chi connectivity index (χ2n) is 5.95.